The van der Waals surface area contributed by atoms with Crippen molar-refractivity contribution in [2.45, 2.75) is 57.9 Å². The number of amides is 1. The summed E-state index contributed by atoms with van der Waals surface area (Å²) >= 11 is 5.72. The van der Waals surface area contributed by atoms with E-state index in [0.717, 1.165) is 57.9 Å². The number of aldehydes is 1. The molecule has 8 nitrogen and oxygen atoms in total. The number of allylic oxidation sites excluding steroid dienone is 2. The zero-order chi connectivity index (χ0) is 25.1. The zero-order valence-corrected chi connectivity index (χ0v) is 20.4. The molecule has 1 saturated carbocycles. The number of hydrogen-bond acceptors (Lipinski definition) is 7. The molecule has 184 valence electrons. The number of nitriles is 1. The summed E-state index contributed by atoms with van der Waals surface area (Å²) in [4.78, 5) is 24.8. The maximum atomic E-state index is 12.1. The lowest BCUT2D eigenvalue weighted by Gasteiger charge is -2.31. The first-order valence-corrected chi connectivity index (χ1v) is 12.0. The van der Waals surface area contributed by atoms with Gasteiger partial charge in [-0.15, -0.1) is 0 Å². The number of piperidine rings is 1. The molecule has 2 fully saturated rings. The van der Waals surface area contributed by atoms with Crippen molar-refractivity contribution in [1.29, 1.82) is 5.26 Å². The molecular formula is C25H34ClN5O3. The number of likely N-dealkylation sites (tertiary alicyclic amines) is 1. The first-order chi connectivity index (χ1) is 16.3. The first kappa shape index (κ1) is 27.1. The fourth-order valence-corrected chi connectivity index (χ4v) is 4.13. The Morgan fingerprint density at radius 2 is 1.82 bits per heavy atom. The summed E-state index contributed by atoms with van der Waals surface area (Å²) in [5.41, 5.74) is 13.0. The summed E-state index contributed by atoms with van der Waals surface area (Å²) in [7, 11) is 0. The van der Waals surface area contributed by atoms with Gasteiger partial charge in [0.1, 0.15) is 18.1 Å². The van der Waals surface area contributed by atoms with Crippen LogP contribution in [0.15, 0.2) is 35.8 Å². The zero-order valence-electron chi connectivity index (χ0n) is 19.6. The average molecular weight is 488 g/mol. The Labute approximate surface area is 206 Å². The van der Waals surface area contributed by atoms with E-state index in [4.69, 9.17) is 33.4 Å². The molecule has 0 radical (unpaired) electrons. The average Bonchev–Trinajstić information content (AvgIpc) is 2.86. The molecule has 1 saturated heterocycles. The molecule has 1 aliphatic heterocycles. The Bertz CT molecular complexity index is 956. The maximum absolute atomic E-state index is 12.1. The van der Waals surface area contributed by atoms with Crippen molar-refractivity contribution in [3.8, 4) is 11.8 Å². The van der Waals surface area contributed by atoms with Gasteiger partial charge in [-0.3, -0.25) is 4.79 Å². The smallest absolute Gasteiger partial charge is 0.267 e. The molecule has 0 spiro atoms. The highest BCUT2D eigenvalue weighted by Crippen LogP contribution is 2.27. The molecule has 34 heavy (non-hydrogen) atoms. The van der Waals surface area contributed by atoms with E-state index in [1.165, 1.54) is 18.6 Å². The minimum absolute atomic E-state index is 0.119. The second-order valence-electron chi connectivity index (χ2n) is 8.67. The third-order valence-corrected chi connectivity index (χ3v) is 6.70. The molecule has 6 N–H and O–H groups in total. The molecule has 1 heterocycles. The van der Waals surface area contributed by atoms with Crippen molar-refractivity contribution in [2.24, 2.45) is 17.4 Å². The summed E-state index contributed by atoms with van der Waals surface area (Å²) in [5.74, 6) is 0.623. The highest BCUT2D eigenvalue weighted by atomic mass is 35.5. The van der Waals surface area contributed by atoms with Crippen LogP contribution in [0.2, 0.25) is 5.02 Å². The van der Waals surface area contributed by atoms with Gasteiger partial charge in [0.25, 0.3) is 5.91 Å². The van der Waals surface area contributed by atoms with Crippen LogP contribution in [0.4, 0.5) is 0 Å². The van der Waals surface area contributed by atoms with Crippen LogP contribution in [0.25, 0.3) is 0 Å². The fourth-order valence-electron chi connectivity index (χ4n) is 3.93. The van der Waals surface area contributed by atoms with Gasteiger partial charge in [-0.2, -0.15) is 5.26 Å². The molecule has 1 amide bonds. The third-order valence-electron chi connectivity index (χ3n) is 6.21. The van der Waals surface area contributed by atoms with Crippen LogP contribution >= 0.6 is 11.6 Å². The number of carbonyl (C=O) groups excluding carboxylic acids is 2. The van der Waals surface area contributed by atoms with Crippen LogP contribution in [0.3, 0.4) is 0 Å². The Balaban J connectivity index is 0.000000310. The molecule has 0 bridgehead atoms. The second-order valence-corrected chi connectivity index (χ2v) is 9.04. The Morgan fingerprint density at radius 3 is 2.41 bits per heavy atom. The van der Waals surface area contributed by atoms with Gasteiger partial charge in [-0.1, -0.05) is 30.9 Å². The Morgan fingerprint density at radius 1 is 1.18 bits per heavy atom. The van der Waals surface area contributed by atoms with E-state index in [-0.39, 0.29) is 29.3 Å². The molecule has 9 heteroatoms. The molecule has 1 aromatic rings. The highest BCUT2D eigenvalue weighted by molar-refractivity contribution is 6.32. The van der Waals surface area contributed by atoms with Crippen LogP contribution < -0.4 is 16.8 Å². The summed E-state index contributed by atoms with van der Waals surface area (Å²) in [6.07, 6.45) is 11.5. The normalized spacial score (nSPS) is 17.9. The monoisotopic (exact) mass is 487 g/mol. The molecule has 2 aliphatic rings. The molecule has 1 aliphatic carbocycles. The van der Waals surface area contributed by atoms with Gasteiger partial charge in [0, 0.05) is 30.6 Å². The number of hydrogen-bond donors (Lipinski definition) is 4. The van der Waals surface area contributed by atoms with Crippen molar-refractivity contribution in [3.05, 3.63) is 52.0 Å². The largest absolute Gasteiger partial charge is 0.508 e. The number of rotatable bonds is 5. The summed E-state index contributed by atoms with van der Waals surface area (Å²) in [6.45, 7) is 3.18. The lowest BCUT2D eigenvalue weighted by Crippen LogP contribution is -2.38. The number of carbonyl (C=O) groups is 2. The van der Waals surface area contributed by atoms with Crippen molar-refractivity contribution in [3.63, 3.8) is 0 Å². The number of nitrogens with one attached hydrogen (secondary N) is 1. The first-order valence-electron chi connectivity index (χ1n) is 11.6. The van der Waals surface area contributed by atoms with E-state index < -0.39 is 0 Å². The van der Waals surface area contributed by atoms with Crippen molar-refractivity contribution in [1.82, 2.24) is 10.2 Å². The van der Waals surface area contributed by atoms with E-state index in [1.807, 2.05) is 11.0 Å². The third kappa shape index (κ3) is 7.99. The maximum Gasteiger partial charge on any atom is 0.267 e. The van der Waals surface area contributed by atoms with Crippen LogP contribution in [-0.4, -0.2) is 41.3 Å². The van der Waals surface area contributed by atoms with Crippen LogP contribution in [0.5, 0.6) is 5.75 Å². The van der Waals surface area contributed by atoms with Gasteiger partial charge in [-0.05, 0) is 56.9 Å². The predicted molar refractivity (Wildman–Crippen MR) is 132 cm³/mol. The number of benzene rings is 1. The van der Waals surface area contributed by atoms with E-state index in [1.54, 1.807) is 19.1 Å². The minimum Gasteiger partial charge on any atom is -0.508 e. The molecule has 3 rings (SSSR count). The molecule has 1 aromatic carbocycles. The van der Waals surface area contributed by atoms with Gasteiger partial charge >= 0.3 is 0 Å². The molecule has 0 unspecified atom stereocenters. The van der Waals surface area contributed by atoms with E-state index in [2.05, 4.69) is 5.32 Å². The van der Waals surface area contributed by atoms with Crippen LogP contribution in [-0.2, 0) is 9.59 Å². The predicted octanol–water partition coefficient (Wildman–Crippen LogP) is 3.21. The molecule has 0 aromatic heterocycles. The van der Waals surface area contributed by atoms with Gasteiger partial charge in [0.05, 0.1) is 22.1 Å². The summed E-state index contributed by atoms with van der Waals surface area (Å²) in [5, 5.41) is 21.0. The molecule has 0 atom stereocenters. The standard InChI is InChI=1S/C17H28N4O2.C8H6ClNO/c18-15(17(23)20-14-4-2-1-3-5-14)6-7-16(19)21-10-8-13(12-22)9-11-21;1-5-7(11)3-2-6(4-10)8(5)9/h6-7,12-14H,1-5,8-11,18-19H2,(H,20,23);2-3,11H,1H3/b15-6-,16-7+;. The van der Waals surface area contributed by atoms with Crippen LogP contribution in [0, 0.1) is 24.2 Å². The van der Waals surface area contributed by atoms with Gasteiger partial charge in [0.2, 0.25) is 0 Å². The minimum atomic E-state index is -0.222. The van der Waals surface area contributed by atoms with E-state index in [0.29, 0.717) is 22.0 Å². The lowest BCUT2D eigenvalue weighted by molar-refractivity contribution is -0.118. The number of aromatic hydroxyl groups is 1. The number of phenols is 1. The highest BCUT2D eigenvalue weighted by Gasteiger charge is 2.19. The Hall–Kier alpha value is -3.18. The number of halogens is 1. The summed E-state index contributed by atoms with van der Waals surface area (Å²) < 4.78 is 0. The summed E-state index contributed by atoms with van der Waals surface area (Å²) in [6, 6.07) is 5.11. The Kier molecular flexibility index (Phi) is 10.8. The SMILES string of the molecule is Cc1c(O)ccc(C#N)c1Cl.N/C(=C\C=C(/N)N1CCC(C=O)CC1)C(=O)NC1CCCCC1. The number of nitrogens with zero attached hydrogens (tertiary/aromatic N) is 2. The van der Waals surface area contributed by atoms with Crippen molar-refractivity contribution in [2.75, 3.05) is 13.1 Å². The fraction of sp³-hybridized carbons (Fsp3) is 0.480. The topological polar surface area (TPSA) is 145 Å². The molecular weight excluding hydrogens is 454 g/mol. The number of phenolic OH excluding ortho intramolecular Hbond substituents is 1. The van der Waals surface area contributed by atoms with Gasteiger partial charge in [-0.25, -0.2) is 0 Å². The van der Waals surface area contributed by atoms with Crippen molar-refractivity contribution >= 4 is 23.8 Å². The van der Waals surface area contributed by atoms with Crippen LogP contribution in [0.1, 0.15) is 56.1 Å². The number of nitrogens with two attached hydrogens (primary N) is 2. The van der Waals surface area contributed by atoms with Gasteiger partial charge in [0.15, 0.2) is 0 Å². The van der Waals surface area contributed by atoms with Gasteiger partial charge < -0.3 is 31.6 Å². The van der Waals surface area contributed by atoms with E-state index >= 15 is 0 Å². The van der Waals surface area contributed by atoms with Crippen molar-refractivity contribution < 1.29 is 14.7 Å². The van der Waals surface area contributed by atoms with E-state index in [9.17, 15) is 9.59 Å². The lowest BCUT2D eigenvalue weighted by atomic mass is 9.95. The quantitative estimate of drug-likeness (QED) is 0.283. The second kappa shape index (κ2) is 13.5.